The third kappa shape index (κ3) is 4.00. The molecule has 0 fully saturated rings. The quantitative estimate of drug-likeness (QED) is 0.618. The van der Waals surface area contributed by atoms with Crippen LogP contribution < -0.4 is 4.72 Å². The van der Waals surface area contributed by atoms with Crippen molar-refractivity contribution >= 4 is 32.1 Å². The van der Waals surface area contributed by atoms with Crippen molar-refractivity contribution in [2.45, 2.75) is 17.4 Å². The molecule has 1 aliphatic heterocycles. The molecule has 2 N–H and O–H groups in total. The summed E-state index contributed by atoms with van der Waals surface area (Å²) in [5, 5.41) is 12.6. The zero-order valence-electron chi connectivity index (χ0n) is 14.9. The number of benzene rings is 1. The molecule has 1 aliphatic rings. The normalized spacial score (nSPS) is 14.9. The summed E-state index contributed by atoms with van der Waals surface area (Å²) >= 11 is 1.11. The molecule has 0 amide bonds. The predicted molar refractivity (Wildman–Crippen MR) is 106 cm³/mol. The number of aliphatic hydroxyl groups excluding tert-OH is 1. The number of rotatable bonds is 6. The van der Waals surface area contributed by atoms with Crippen molar-refractivity contribution in [2.24, 2.45) is 0 Å². The van der Waals surface area contributed by atoms with Crippen LogP contribution in [0.4, 0.5) is 9.52 Å². The Labute approximate surface area is 170 Å². The summed E-state index contributed by atoms with van der Waals surface area (Å²) in [5.74, 6) is -0.842. The van der Waals surface area contributed by atoms with Gasteiger partial charge in [0.15, 0.2) is 5.13 Å². The summed E-state index contributed by atoms with van der Waals surface area (Å²) < 4.78 is 47.2. The number of hydrogen-bond acceptors (Lipinski definition) is 7. The lowest BCUT2D eigenvalue weighted by atomic mass is 9.96. The highest BCUT2D eigenvalue weighted by Crippen LogP contribution is 2.33. The number of nitrogens with zero attached hydrogens (tertiary/aromatic N) is 2. The maximum Gasteiger partial charge on any atom is 0.263 e. The fourth-order valence-corrected chi connectivity index (χ4v) is 4.78. The summed E-state index contributed by atoms with van der Waals surface area (Å²) in [7, 11) is -4.00. The van der Waals surface area contributed by atoms with Gasteiger partial charge in [0.2, 0.25) is 0 Å². The molecule has 29 heavy (non-hydrogen) atoms. The van der Waals surface area contributed by atoms with Gasteiger partial charge >= 0.3 is 0 Å². The summed E-state index contributed by atoms with van der Waals surface area (Å²) in [6.07, 6.45) is 3.94. The number of aromatic nitrogens is 2. The van der Waals surface area contributed by atoms with E-state index >= 15 is 0 Å². The van der Waals surface area contributed by atoms with Gasteiger partial charge in [0.05, 0.1) is 23.5 Å². The second kappa shape index (κ2) is 7.90. The lowest BCUT2D eigenvalue weighted by molar-refractivity contribution is 0.214. The van der Waals surface area contributed by atoms with E-state index < -0.39 is 21.9 Å². The number of thiazole rings is 1. The lowest BCUT2D eigenvalue weighted by Gasteiger charge is -2.16. The number of halogens is 1. The minimum Gasteiger partial charge on any atom is -0.500 e. The van der Waals surface area contributed by atoms with Gasteiger partial charge in [0, 0.05) is 40.9 Å². The molecule has 0 saturated carbocycles. The minimum atomic E-state index is -4.00. The highest BCUT2D eigenvalue weighted by molar-refractivity contribution is 7.93. The average Bonchev–Trinajstić information content (AvgIpc) is 3.41. The van der Waals surface area contributed by atoms with E-state index in [1.54, 1.807) is 30.0 Å². The van der Waals surface area contributed by atoms with E-state index in [-0.39, 0.29) is 15.6 Å². The molecule has 4 rings (SSSR count). The summed E-state index contributed by atoms with van der Waals surface area (Å²) in [4.78, 5) is 7.88. The second-order valence-corrected chi connectivity index (χ2v) is 8.81. The first-order valence-electron chi connectivity index (χ1n) is 8.61. The Balaban J connectivity index is 1.65. The van der Waals surface area contributed by atoms with Crippen LogP contribution in [0.15, 0.2) is 59.3 Å². The number of hydrogen-bond donors (Lipinski definition) is 2. The molecule has 1 unspecified atom stereocenters. The molecular formula is C19H16FN3O4S2. The largest absolute Gasteiger partial charge is 0.500 e. The summed E-state index contributed by atoms with van der Waals surface area (Å²) in [6, 6.07) is 6.67. The Morgan fingerprint density at radius 2 is 2.07 bits per heavy atom. The van der Waals surface area contributed by atoms with Crippen molar-refractivity contribution in [1.82, 2.24) is 9.97 Å². The molecule has 1 aromatic carbocycles. The monoisotopic (exact) mass is 433 g/mol. The first-order chi connectivity index (χ1) is 14.0. The van der Waals surface area contributed by atoms with Crippen LogP contribution in [0.1, 0.15) is 29.3 Å². The van der Waals surface area contributed by atoms with Crippen LogP contribution in [0.2, 0.25) is 0 Å². The van der Waals surface area contributed by atoms with E-state index in [2.05, 4.69) is 14.7 Å². The van der Waals surface area contributed by atoms with Crippen LogP contribution in [0.25, 0.3) is 5.57 Å². The number of nitrogens with one attached hydrogen (secondary N) is 1. The zero-order chi connectivity index (χ0) is 20.4. The van der Waals surface area contributed by atoms with Crippen molar-refractivity contribution in [3.8, 4) is 0 Å². The summed E-state index contributed by atoms with van der Waals surface area (Å²) in [6.45, 7) is 0.522. The number of aliphatic hydroxyl groups is 1. The third-order valence-corrected chi connectivity index (χ3v) is 6.54. The molecule has 150 valence electrons. The molecular weight excluding hydrogens is 417 g/mol. The number of sulfonamides is 1. The minimum absolute atomic E-state index is 0.0491. The Hall–Kier alpha value is -2.82. The maximum atomic E-state index is 14.8. The van der Waals surface area contributed by atoms with Crippen LogP contribution in [-0.2, 0) is 14.8 Å². The Bertz CT molecular complexity index is 1160. The van der Waals surface area contributed by atoms with E-state index in [1.165, 1.54) is 18.3 Å². The van der Waals surface area contributed by atoms with E-state index in [0.29, 0.717) is 24.3 Å². The van der Waals surface area contributed by atoms with Crippen molar-refractivity contribution in [3.63, 3.8) is 0 Å². The van der Waals surface area contributed by atoms with E-state index in [9.17, 15) is 17.9 Å². The standard InChI is InChI=1S/C19H16FN3O4S2/c20-16-10-13(29(25,26)23-19-22-7-9-28-19)3-4-14(16)18(24)15-2-1-6-21-17(15)12-5-8-27-11-12/h1-4,6-7,9-11,18,24H,5,8H2,(H,22,23). The van der Waals surface area contributed by atoms with Gasteiger partial charge in [-0.05, 0) is 18.2 Å². The molecule has 10 heteroatoms. The van der Waals surface area contributed by atoms with Crippen molar-refractivity contribution in [1.29, 1.82) is 0 Å². The van der Waals surface area contributed by atoms with Crippen LogP contribution in [0.5, 0.6) is 0 Å². The molecule has 0 radical (unpaired) electrons. The van der Waals surface area contributed by atoms with E-state index in [1.807, 2.05) is 0 Å². The molecule has 0 bridgehead atoms. The average molecular weight is 433 g/mol. The molecule has 3 heterocycles. The molecule has 2 aromatic heterocycles. The molecule has 3 aromatic rings. The van der Waals surface area contributed by atoms with Crippen molar-refractivity contribution < 1.29 is 22.7 Å². The van der Waals surface area contributed by atoms with Gasteiger partial charge in [-0.2, -0.15) is 0 Å². The Kier molecular flexibility index (Phi) is 5.31. The first-order valence-corrected chi connectivity index (χ1v) is 11.0. The van der Waals surface area contributed by atoms with Gasteiger partial charge < -0.3 is 9.84 Å². The topological polar surface area (TPSA) is 101 Å². The number of ether oxygens (including phenoxy) is 1. The second-order valence-electron chi connectivity index (χ2n) is 6.23. The van der Waals surface area contributed by atoms with Gasteiger partial charge in [-0.3, -0.25) is 9.71 Å². The molecule has 0 saturated heterocycles. The fourth-order valence-electron chi connectivity index (χ4n) is 2.98. The first kappa shape index (κ1) is 19.5. The van der Waals surface area contributed by atoms with E-state index in [0.717, 1.165) is 23.0 Å². The molecule has 7 nitrogen and oxygen atoms in total. The SMILES string of the molecule is O=S(=O)(Nc1nccs1)c1ccc(C(O)c2cccnc2C2=COCC2)c(F)c1. The van der Waals surface area contributed by atoms with Crippen molar-refractivity contribution in [3.05, 3.63) is 77.0 Å². The molecule has 0 aliphatic carbocycles. The van der Waals surface area contributed by atoms with Gasteiger partial charge in [0.1, 0.15) is 11.9 Å². The maximum absolute atomic E-state index is 14.8. The van der Waals surface area contributed by atoms with Crippen LogP contribution in [0, 0.1) is 5.82 Å². The highest BCUT2D eigenvalue weighted by Gasteiger charge is 2.24. The Morgan fingerprint density at radius 3 is 2.76 bits per heavy atom. The van der Waals surface area contributed by atoms with Crippen molar-refractivity contribution in [2.75, 3.05) is 11.3 Å². The molecule has 1 atom stereocenters. The van der Waals surface area contributed by atoms with E-state index in [4.69, 9.17) is 4.74 Å². The smallest absolute Gasteiger partial charge is 0.263 e. The van der Waals surface area contributed by atoms with Gasteiger partial charge in [-0.1, -0.05) is 12.1 Å². The zero-order valence-corrected chi connectivity index (χ0v) is 16.6. The van der Waals surface area contributed by atoms with Crippen LogP contribution >= 0.6 is 11.3 Å². The van der Waals surface area contributed by atoms with Gasteiger partial charge in [-0.15, -0.1) is 11.3 Å². The fraction of sp³-hybridized carbons (Fsp3) is 0.158. The third-order valence-electron chi connectivity index (χ3n) is 4.38. The Morgan fingerprint density at radius 1 is 1.21 bits per heavy atom. The van der Waals surface area contributed by atoms with Gasteiger partial charge in [0.25, 0.3) is 10.0 Å². The highest BCUT2D eigenvalue weighted by atomic mass is 32.2. The lowest BCUT2D eigenvalue weighted by Crippen LogP contribution is -2.14. The summed E-state index contributed by atoms with van der Waals surface area (Å²) in [5.41, 5.74) is 1.71. The van der Waals surface area contributed by atoms with Crippen LogP contribution in [0.3, 0.4) is 0 Å². The predicted octanol–water partition coefficient (Wildman–Crippen LogP) is 3.32. The molecule has 0 spiro atoms. The van der Waals surface area contributed by atoms with Gasteiger partial charge in [-0.25, -0.2) is 17.8 Å². The number of anilines is 1. The number of pyridine rings is 1. The van der Waals surface area contributed by atoms with Crippen LogP contribution in [-0.4, -0.2) is 30.1 Å².